The quantitative estimate of drug-likeness (QED) is 0.456. The maximum absolute atomic E-state index is 5.78. The van der Waals surface area contributed by atoms with E-state index in [0.717, 1.165) is 0 Å². The minimum Gasteiger partial charge on any atom is -0.381 e. The first-order valence-electron chi connectivity index (χ1n) is 4.60. The summed E-state index contributed by atoms with van der Waals surface area (Å²) in [5, 5.41) is 0. The maximum atomic E-state index is 5.78. The molecule has 6 heteroatoms. The van der Waals surface area contributed by atoms with Crippen molar-refractivity contribution in [3.05, 3.63) is 0 Å². The van der Waals surface area contributed by atoms with E-state index in [1.807, 2.05) is 0 Å². The Morgan fingerprint density at radius 3 is 2.93 bits per heavy atom. The molecule has 2 aliphatic rings. The predicted molar refractivity (Wildman–Crippen MR) is 48.9 cm³/mol. The van der Waals surface area contributed by atoms with E-state index in [9.17, 15) is 0 Å². The third-order valence-electron chi connectivity index (χ3n) is 2.66. The Bertz CT molecular complexity index is 218. The van der Waals surface area contributed by atoms with Gasteiger partial charge in [0.25, 0.3) is 0 Å². The molecule has 4 unspecified atom stereocenters. The van der Waals surface area contributed by atoms with Gasteiger partial charge in [0, 0.05) is 20.2 Å². The van der Waals surface area contributed by atoms with Gasteiger partial charge >= 0.3 is 0 Å². The van der Waals surface area contributed by atoms with Gasteiger partial charge in [0.2, 0.25) is 0 Å². The lowest BCUT2D eigenvalue weighted by Gasteiger charge is -2.43. The molecule has 0 spiro atoms. The summed E-state index contributed by atoms with van der Waals surface area (Å²) in [6.07, 6.45) is -0.409. The van der Waals surface area contributed by atoms with Crippen molar-refractivity contribution < 1.29 is 19.0 Å². The van der Waals surface area contributed by atoms with Gasteiger partial charge in [-0.05, 0) is 0 Å². The molecule has 2 fully saturated rings. The van der Waals surface area contributed by atoms with Crippen LogP contribution in [0.5, 0.6) is 0 Å². The summed E-state index contributed by atoms with van der Waals surface area (Å²) in [4.78, 5) is 5.24. The van der Waals surface area contributed by atoms with Gasteiger partial charge in [-0.1, -0.05) is 0 Å². The van der Waals surface area contributed by atoms with E-state index in [1.165, 1.54) is 0 Å². The molecule has 2 aliphatic heterocycles. The van der Waals surface area contributed by atoms with Crippen LogP contribution in [-0.4, -0.2) is 59.0 Å². The normalized spacial score (nSPS) is 46.0. The summed E-state index contributed by atoms with van der Waals surface area (Å²) < 4.78 is 16.1. The molecule has 2 radical (unpaired) electrons. The van der Waals surface area contributed by atoms with Crippen molar-refractivity contribution in [1.29, 1.82) is 0 Å². The molecular formula is C8H14BNO4. The van der Waals surface area contributed by atoms with Gasteiger partial charge in [0.15, 0.2) is 0 Å². The van der Waals surface area contributed by atoms with Crippen LogP contribution >= 0.6 is 0 Å². The third-order valence-corrected chi connectivity index (χ3v) is 2.66. The molecule has 14 heavy (non-hydrogen) atoms. The van der Waals surface area contributed by atoms with Crippen molar-refractivity contribution in [2.24, 2.45) is 0 Å². The number of fused-ring (bicyclic) bond motifs is 1. The highest BCUT2D eigenvalue weighted by atomic mass is 16.7. The Kier molecular flexibility index (Phi) is 2.81. The first-order valence-corrected chi connectivity index (χ1v) is 4.60. The van der Waals surface area contributed by atoms with E-state index in [-0.39, 0.29) is 12.2 Å². The number of hydrogen-bond donors (Lipinski definition) is 1. The molecule has 2 rings (SSSR count). The Labute approximate surface area is 84.4 Å². The molecule has 2 heterocycles. The van der Waals surface area contributed by atoms with Crippen molar-refractivity contribution in [1.82, 2.24) is 5.48 Å². The Morgan fingerprint density at radius 1 is 1.64 bits per heavy atom. The number of rotatable bonds is 4. The van der Waals surface area contributed by atoms with E-state index < -0.39 is 11.6 Å². The van der Waals surface area contributed by atoms with Crippen molar-refractivity contribution in [2.45, 2.75) is 23.8 Å². The van der Waals surface area contributed by atoms with E-state index in [2.05, 4.69) is 5.48 Å². The molecule has 0 aromatic rings. The highest BCUT2D eigenvalue weighted by molar-refractivity contribution is 6.11. The predicted octanol–water partition coefficient (Wildman–Crippen LogP) is -1.19. The summed E-state index contributed by atoms with van der Waals surface area (Å²) in [5.41, 5.74) is 2.20. The monoisotopic (exact) mass is 199 g/mol. The van der Waals surface area contributed by atoms with Crippen LogP contribution in [0.25, 0.3) is 0 Å². The minimum atomic E-state index is -0.468. The largest absolute Gasteiger partial charge is 0.381 e. The second kappa shape index (κ2) is 3.79. The van der Waals surface area contributed by atoms with Gasteiger partial charge < -0.3 is 14.2 Å². The number of methoxy groups -OCH3 is 1. The molecule has 4 atom stereocenters. The fourth-order valence-corrected chi connectivity index (χ4v) is 2.04. The van der Waals surface area contributed by atoms with Crippen LogP contribution in [-0.2, 0) is 19.0 Å². The van der Waals surface area contributed by atoms with Crippen LogP contribution in [0.15, 0.2) is 0 Å². The van der Waals surface area contributed by atoms with Gasteiger partial charge in [0.05, 0.1) is 13.2 Å². The number of hydroxylamine groups is 1. The fraction of sp³-hybridized carbons (Fsp3) is 1.00. The number of nitrogens with one attached hydrogen (secondary N) is 1. The van der Waals surface area contributed by atoms with Crippen molar-refractivity contribution in [3.63, 3.8) is 0 Å². The van der Waals surface area contributed by atoms with Crippen LogP contribution in [0.3, 0.4) is 0 Å². The molecule has 78 valence electrons. The number of hydrogen-bond acceptors (Lipinski definition) is 5. The molecular weight excluding hydrogens is 185 g/mol. The first kappa shape index (κ1) is 10.4. The Hall–Kier alpha value is -0.135. The van der Waals surface area contributed by atoms with Gasteiger partial charge in [0.1, 0.15) is 25.7 Å². The summed E-state index contributed by atoms with van der Waals surface area (Å²) in [7, 11) is 9.09. The van der Waals surface area contributed by atoms with Gasteiger partial charge in [-0.25, -0.2) is 5.48 Å². The van der Waals surface area contributed by atoms with Gasteiger partial charge in [-0.3, -0.25) is 4.84 Å². The molecule has 5 nitrogen and oxygen atoms in total. The average molecular weight is 199 g/mol. The molecule has 0 saturated carbocycles. The molecule has 0 aliphatic carbocycles. The van der Waals surface area contributed by atoms with Crippen LogP contribution in [0.4, 0.5) is 0 Å². The summed E-state index contributed by atoms with van der Waals surface area (Å²) >= 11 is 0. The summed E-state index contributed by atoms with van der Waals surface area (Å²) in [6.45, 7) is 0.998. The fourth-order valence-electron chi connectivity index (χ4n) is 2.04. The lowest BCUT2D eigenvalue weighted by molar-refractivity contribution is -0.248. The summed E-state index contributed by atoms with van der Waals surface area (Å²) in [6, 6.07) is -0.468. The van der Waals surface area contributed by atoms with Crippen molar-refractivity contribution in [3.8, 4) is 0 Å². The zero-order valence-electron chi connectivity index (χ0n) is 8.36. The smallest absolute Gasteiger partial charge is 0.143 e. The molecule has 1 N–H and O–H groups in total. The van der Waals surface area contributed by atoms with E-state index >= 15 is 0 Å². The van der Waals surface area contributed by atoms with Gasteiger partial charge in [-0.2, -0.15) is 0 Å². The summed E-state index contributed by atoms with van der Waals surface area (Å²) in [5.74, 6) is 0. The standard InChI is InChI=1S/C8H14BNO4/c1-10-14-5-6-8(3-11-2,4-12-6)13-7(5)9/h5-7,10H,3-4H2,1-2H3. The Balaban J connectivity index is 2.04. The van der Waals surface area contributed by atoms with Crippen LogP contribution in [0.1, 0.15) is 0 Å². The molecule has 0 amide bonds. The molecule has 2 saturated heterocycles. The Morgan fingerprint density at radius 2 is 2.43 bits per heavy atom. The van der Waals surface area contributed by atoms with Crippen molar-refractivity contribution >= 4 is 7.85 Å². The SMILES string of the molecule is [B]C1OC2(COC)COC2C1ONC. The highest BCUT2D eigenvalue weighted by Gasteiger charge is 2.61. The average Bonchev–Trinajstić information content (AvgIpc) is 2.29. The second-order valence-electron chi connectivity index (χ2n) is 3.60. The van der Waals surface area contributed by atoms with Crippen LogP contribution < -0.4 is 5.48 Å². The second-order valence-corrected chi connectivity index (χ2v) is 3.60. The highest BCUT2D eigenvalue weighted by Crippen LogP contribution is 2.41. The maximum Gasteiger partial charge on any atom is 0.143 e. The lowest BCUT2D eigenvalue weighted by atomic mass is 9.86. The zero-order valence-corrected chi connectivity index (χ0v) is 8.36. The van der Waals surface area contributed by atoms with E-state index in [0.29, 0.717) is 13.2 Å². The van der Waals surface area contributed by atoms with E-state index in [4.69, 9.17) is 26.9 Å². The zero-order chi connectivity index (χ0) is 10.2. The topological polar surface area (TPSA) is 49.0 Å². The van der Waals surface area contributed by atoms with Crippen molar-refractivity contribution in [2.75, 3.05) is 27.4 Å². The van der Waals surface area contributed by atoms with Crippen LogP contribution in [0, 0.1) is 0 Å². The number of ether oxygens (including phenoxy) is 3. The molecule has 0 aromatic heterocycles. The molecule has 0 bridgehead atoms. The van der Waals surface area contributed by atoms with E-state index in [1.54, 1.807) is 14.2 Å². The lowest BCUT2D eigenvalue weighted by Crippen LogP contribution is -2.62. The van der Waals surface area contributed by atoms with Crippen LogP contribution in [0.2, 0.25) is 0 Å². The minimum absolute atomic E-state index is 0.134. The first-order chi connectivity index (χ1) is 6.73. The van der Waals surface area contributed by atoms with Gasteiger partial charge in [-0.15, -0.1) is 0 Å². The molecule has 0 aromatic carbocycles. The third kappa shape index (κ3) is 1.38.